The van der Waals surface area contributed by atoms with E-state index >= 15 is 0 Å². The van der Waals surface area contributed by atoms with Crippen molar-refractivity contribution >= 4 is 17.7 Å². The number of ether oxygens (including phenoxy) is 1. The van der Waals surface area contributed by atoms with Crippen molar-refractivity contribution in [3.05, 3.63) is 0 Å². The Morgan fingerprint density at radius 1 is 1.62 bits per heavy atom. The molecule has 0 amide bonds. The number of hydrogen-bond acceptors (Lipinski definition) is 4. The van der Waals surface area contributed by atoms with Crippen LogP contribution in [0.3, 0.4) is 0 Å². The number of nitrogens with two attached hydrogens (primary N) is 1. The monoisotopic (exact) mass is 209 g/mol. The Bertz CT molecular complexity index is 157. The predicted molar refractivity (Wildman–Crippen MR) is 52.3 cm³/mol. The fraction of sp³-hybridized carbons (Fsp3) is 0.875. The minimum Gasteiger partial charge on any atom is -0.463 e. The van der Waals surface area contributed by atoms with Crippen LogP contribution in [0.2, 0.25) is 0 Å². The van der Waals surface area contributed by atoms with Crippen molar-refractivity contribution in [3.8, 4) is 0 Å². The van der Waals surface area contributed by atoms with Gasteiger partial charge in [0.25, 0.3) is 0 Å². The first-order valence-corrected chi connectivity index (χ1v) is 5.34. The zero-order chi connectivity index (χ0) is 10.3. The molecule has 5 heteroatoms. The van der Waals surface area contributed by atoms with Crippen LogP contribution in [0.4, 0.5) is 4.39 Å². The first-order chi connectivity index (χ1) is 6.11. The normalized spacial score (nSPS) is 15.1. The Kier molecular flexibility index (Phi) is 6.99. The highest BCUT2D eigenvalue weighted by molar-refractivity contribution is 8.00. The maximum absolute atomic E-state index is 12.9. The molecule has 13 heavy (non-hydrogen) atoms. The molecule has 0 rings (SSSR count). The van der Waals surface area contributed by atoms with Crippen molar-refractivity contribution in [2.45, 2.75) is 31.8 Å². The van der Waals surface area contributed by atoms with Gasteiger partial charge >= 0.3 is 5.97 Å². The van der Waals surface area contributed by atoms with E-state index in [4.69, 9.17) is 5.73 Å². The van der Waals surface area contributed by atoms with E-state index in [9.17, 15) is 9.18 Å². The Balaban J connectivity index is 3.60. The number of thioether (sulfide) groups is 1. The summed E-state index contributed by atoms with van der Waals surface area (Å²) in [6, 6.07) is -0.0577. The lowest BCUT2D eigenvalue weighted by molar-refractivity contribution is -0.145. The molecule has 0 fully saturated rings. The number of carbonyl (C=O) groups excluding carboxylic acids is 1. The van der Waals surface area contributed by atoms with Gasteiger partial charge in [0.1, 0.15) is 0 Å². The summed E-state index contributed by atoms with van der Waals surface area (Å²) in [6.07, 6.45) is 0.780. The molecule has 0 aliphatic rings. The molecular weight excluding hydrogens is 193 g/mol. The molecular formula is C8H16FNO2S. The average molecular weight is 209 g/mol. The summed E-state index contributed by atoms with van der Waals surface area (Å²) in [4.78, 5) is 10.8. The van der Waals surface area contributed by atoms with Gasteiger partial charge in [0.2, 0.25) is 5.50 Å². The molecule has 0 spiro atoms. The molecule has 0 heterocycles. The van der Waals surface area contributed by atoms with Crippen LogP contribution in [0.5, 0.6) is 0 Å². The molecule has 2 N–H and O–H groups in total. The van der Waals surface area contributed by atoms with E-state index < -0.39 is 11.5 Å². The summed E-state index contributed by atoms with van der Waals surface area (Å²) in [5.41, 5.74) is 3.96. The summed E-state index contributed by atoms with van der Waals surface area (Å²) >= 11 is 0.891. The van der Waals surface area contributed by atoms with Gasteiger partial charge in [0, 0.05) is 11.8 Å². The van der Waals surface area contributed by atoms with Crippen molar-refractivity contribution in [1.29, 1.82) is 0 Å². The maximum atomic E-state index is 12.9. The second kappa shape index (κ2) is 7.15. The van der Waals surface area contributed by atoms with Gasteiger partial charge in [-0.15, -0.1) is 11.8 Å². The minimum absolute atomic E-state index is 0.0577. The predicted octanol–water partition coefficient (Wildman–Crippen LogP) is 1.32. The Hall–Kier alpha value is -0.290. The number of alkyl halides is 1. The molecule has 0 radical (unpaired) electrons. The molecule has 0 saturated heterocycles. The van der Waals surface area contributed by atoms with Gasteiger partial charge in [-0.3, -0.25) is 0 Å². The van der Waals surface area contributed by atoms with Crippen LogP contribution in [0.1, 0.15) is 20.3 Å². The number of hydrogen-bond donors (Lipinski definition) is 1. The fourth-order valence-corrected chi connectivity index (χ4v) is 1.46. The molecule has 2 unspecified atom stereocenters. The smallest absolute Gasteiger partial charge is 0.351 e. The molecule has 0 aromatic heterocycles. The standard InChI is InChI=1S/C8H16FNO2S/c1-3-6(10)5-13-7(9)8(11)12-4-2/h6-7H,3-5,10H2,1-2H3. The SMILES string of the molecule is CCOC(=O)C(F)SCC(N)CC. The van der Waals surface area contributed by atoms with E-state index in [1.807, 2.05) is 6.92 Å². The van der Waals surface area contributed by atoms with E-state index in [1.165, 1.54) is 0 Å². The largest absolute Gasteiger partial charge is 0.463 e. The van der Waals surface area contributed by atoms with Gasteiger partial charge < -0.3 is 10.5 Å². The van der Waals surface area contributed by atoms with Crippen LogP contribution in [0.15, 0.2) is 0 Å². The Morgan fingerprint density at radius 2 is 2.23 bits per heavy atom. The van der Waals surface area contributed by atoms with Gasteiger partial charge in [-0.1, -0.05) is 6.92 Å². The minimum atomic E-state index is -1.60. The maximum Gasteiger partial charge on any atom is 0.351 e. The Morgan fingerprint density at radius 3 is 2.69 bits per heavy atom. The van der Waals surface area contributed by atoms with Gasteiger partial charge in [0.15, 0.2) is 0 Å². The van der Waals surface area contributed by atoms with Crippen molar-refractivity contribution in [2.24, 2.45) is 5.73 Å². The van der Waals surface area contributed by atoms with Crippen LogP contribution >= 0.6 is 11.8 Å². The highest BCUT2D eigenvalue weighted by atomic mass is 32.2. The van der Waals surface area contributed by atoms with Gasteiger partial charge in [-0.25, -0.2) is 9.18 Å². The van der Waals surface area contributed by atoms with Crippen LogP contribution in [-0.2, 0) is 9.53 Å². The third kappa shape index (κ3) is 5.87. The summed E-state index contributed by atoms with van der Waals surface area (Å²) in [6.45, 7) is 3.77. The molecule has 3 nitrogen and oxygen atoms in total. The molecule has 0 aliphatic heterocycles. The molecule has 78 valence electrons. The topological polar surface area (TPSA) is 52.3 Å². The van der Waals surface area contributed by atoms with Crippen LogP contribution < -0.4 is 5.73 Å². The zero-order valence-electron chi connectivity index (χ0n) is 7.96. The summed E-state index contributed by atoms with van der Waals surface area (Å²) in [5, 5.41) is 0. The van der Waals surface area contributed by atoms with E-state index in [2.05, 4.69) is 4.74 Å². The number of rotatable bonds is 6. The fourth-order valence-electron chi connectivity index (χ4n) is 0.602. The van der Waals surface area contributed by atoms with Crippen molar-refractivity contribution in [2.75, 3.05) is 12.4 Å². The Labute approximate surface area is 82.2 Å². The highest BCUT2D eigenvalue weighted by Gasteiger charge is 2.19. The third-order valence-corrected chi connectivity index (χ3v) is 2.56. The van der Waals surface area contributed by atoms with Gasteiger partial charge in [-0.05, 0) is 13.3 Å². The second-order valence-electron chi connectivity index (χ2n) is 2.57. The highest BCUT2D eigenvalue weighted by Crippen LogP contribution is 2.15. The first-order valence-electron chi connectivity index (χ1n) is 4.29. The summed E-state index contributed by atoms with van der Waals surface area (Å²) in [5.74, 6) is -0.368. The average Bonchev–Trinajstić information content (AvgIpc) is 2.13. The third-order valence-electron chi connectivity index (χ3n) is 1.45. The molecule has 0 aromatic carbocycles. The molecule has 0 saturated carbocycles. The number of esters is 1. The van der Waals surface area contributed by atoms with Gasteiger partial charge in [0.05, 0.1) is 6.61 Å². The van der Waals surface area contributed by atoms with Crippen molar-refractivity contribution in [3.63, 3.8) is 0 Å². The quantitative estimate of drug-likeness (QED) is 0.670. The summed E-state index contributed by atoms with van der Waals surface area (Å²) < 4.78 is 17.4. The van der Waals surface area contributed by atoms with E-state index in [1.54, 1.807) is 6.92 Å². The van der Waals surface area contributed by atoms with E-state index in [0.717, 1.165) is 18.2 Å². The van der Waals surface area contributed by atoms with Gasteiger partial charge in [-0.2, -0.15) is 0 Å². The molecule has 0 aromatic rings. The van der Waals surface area contributed by atoms with Crippen LogP contribution in [-0.4, -0.2) is 29.9 Å². The van der Waals surface area contributed by atoms with Crippen LogP contribution in [0, 0.1) is 0 Å². The lowest BCUT2D eigenvalue weighted by Gasteiger charge is -2.10. The van der Waals surface area contributed by atoms with Crippen molar-refractivity contribution in [1.82, 2.24) is 0 Å². The van der Waals surface area contributed by atoms with E-state index in [0.29, 0.717) is 5.75 Å². The second-order valence-corrected chi connectivity index (χ2v) is 3.65. The van der Waals surface area contributed by atoms with Crippen molar-refractivity contribution < 1.29 is 13.9 Å². The summed E-state index contributed by atoms with van der Waals surface area (Å²) in [7, 11) is 0. The number of carbonyl (C=O) groups is 1. The zero-order valence-corrected chi connectivity index (χ0v) is 8.77. The molecule has 2 atom stereocenters. The lowest BCUT2D eigenvalue weighted by Crippen LogP contribution is -2.24. The number of halogens is 1. The molecule has 0 aliphatic carbocycles. The van der Waals surface area contributed by atoms with Crippen LogP contribution in [0.25, 0.3) is 0 Å². The van der Waals surface area contributed by atoms with E-state index in [-0.39, 0.29) is 12.6 Å². The first kappa shape index (κ1) is 12.7. The molecule has 0 bridgehead atoms. The lowest BCUT2D eigenvalue weighted by atomic mass is 10.3.